The number of H-pyrrole nitrogens is 1. The molecule has 1 aliphatic rings. The van der Waals surface area contributed by atoms with Crippen LogP contribution in [0.2, 0.25) is 0 Å². The van der Waals surface area contributed by atoms with Crippen molar-refractivity contribution in [2.75, 3.05) is 0 Å². The van der Waals surface area contributed by atoms with E-state index >= 15 is 0 Å². The number of aromatic nitrogens is 2. The number of benzene rings is 3. The van der Waals surface area contributed by atoms with Gasteiger partial charge in [-0.3, -0.25) is 0 Å². The first kappa shape index (κ1) is 27.6. The van der Waals surface area contributed by atoms with Crippen molar-refractivity contribution < 1.29 is 4.39 Å². The summed E-state index contributed by atoms with van der Waals surface area (Å²) in [5.74, 6) is 0.582. The summed E-state index contributed by atoms with van der Waals surface area (Å²) in [5, 5.41) is 0. The van der Waals surface area contributed by atoms with Gasteiger partial charge in [-0.05, 0) is 71.5 Å². The molecule has 39 heavy (non-hydrogen) atoms. The van der Waals surface area contributed by atoms with Crippen LogP contribution in [0.25, 0.3) is 33.5 Å². The van der Waals surface area contributed by atoms with Crippen molar-refractivity contribution in [3.05, 3.63) is 77.6 Å². The largest absolute Gasteiger partial charge is 0.338 e. The van der Waals surface area contributed by atoms with Gasteiger partial charge in [0.25, 0.3) is 0 Å². The van der Waals surface area contributed by atoms with Gasteiger partial charge in [-0.2, -0.15) is 0 Å². The minimum atomic E-state index is -0.223. The highest BCUT2D eigenvalue weighted by molar-refractivity contribution is 5.91. The van der Waals surface area contributed by atoms with Crippen LogP contribution in [0.4, 0.5) is 4.39 Å². The molecule has 0 fully saturated rings. The second kappa shape index (κ2) is 12.9. The second-order valence-electron chi connectivity index (χ2n) is 11.7. The predicted octanol–water partition coefficient (Wildman–Crippen LogP) is 11.1. The minimum absolute atomic E-state index is 0.0662. The standard InChI is InChI=1S/C36H45FN2/c1-3-5-7-9-11-15-23-36(24-16-12-10-8-6-4-2)31-18-14-13-17-29(31)30-25-33-34(26-32(30)36)39-35(38-33)27-19-21-28(37)22-20-27/h13-14,17-22,25-26H,3-12,15-16,23-24H2,1-2H3,(H,38,39). The molecule has 0 radical (unpaired) electrons. The Morgan fingerprint density at radius 1 is 0.667 bits per heavy atom. The topological polar surface area (TPSA) is 28.7 Å². The molecule has 0 amide bonds. The van der Waals surface area contributed by atoms with Crippen LogP contribution in [0.5, 0.6) is 0 Å². The number of nitrogens with zero attached hydrogens (tertiary/aromatic N) is 1. The summed E-state index contributed by atoms with van der Waals surface area (Å²) in [5.41, 5.74) is 8.79. The molecule has 1 N–H and O–H groups in total. The molecule has 1 aromatic heterocycles. The summed E-state index contributed by atoms with van der Waals surface area (Å²) in [7, 11) is 0. The summed E-state index contributed by atoms with van der Waals surface area (Å²) < 4.78 is 13.5. The van der Waals surface area contributed by atoms with Crippen molar-refractivity contribution in [2.45, 2.75) is 109 Å². The summed E-state index contributed by atoms with van der Waals surface area (Å²) in [6, 6.07) is 20.5. The Hall–Kier alpha value is -2.94. The monoisotopic (exact) mass is 524 g/mol. The highest BCUT2D eigenvalue weighted by Gasteiger charge is 2.42. The summed E-state index contributed by atoms with van der Waals surface area (Å²) >= 11 is 0. The zero-order chi connectivity index (χ0) is 27.1. The lowest BCUT2D eigenvalue weighted by molar-refractivity contribution is 0.398. The van der Waals surface area contributed by atoms with Crippen LogP contribution < -0.4 is 0 Å². The molecule has 3 heteroatoms. The maximum Gasteiger partial charge on any atom is 0.138 e. The van der Waals surface area contributed by atoms with Gasteiger partial charge in [0.2, 0.25) is 0 Å². The molecule has 206 valence electrons. The molecule has 5 rings (SSSR count). The first-order valence-electron chi connectivity index (χ1n) is 15.6. The van der Waals surface area contributed by atoms with Crippen LogP contribution in [-0.2, 0) is 5.41 Å². The molecule has 0 atom stereocenters. The van der Waals surface area contributed by atoms with Crippen molar-refractivity contribution >= 4 is 11.0 Å². The van der Waals surface area contributed by atoms with E-state index in [1.807, 2.05) is 0 Å². The number of hydrogen-bond acceptors (Lipinski definition) is 1. The predicted molar refractivity (Wildman–Crippen MR) is 164 cm³/mol. The first-order valence-corrected chi connectivity index (χ1v) is 15.6. The lowest BCUT2D eigenvalue weighted by Gasteiger charge is -2.33. The Morgan fingerprint density at radius 2 is 1.28 bits per heavy atom. The van der Waals surface area contributed by atoms with Gasteiger partial charge in [-0.1, -0.05) is 115 Å². The molecular weight excluding hydrogens is 479 g/mol. The Labute approximate surface area is 234 Å². The number of fused-ring (bicyclic) bond motifs is 4. The molecule has 0 aliphatic heterocycles. The minimum Gasteiger partial charge on any atom is -0.338 e. The third-order valence-corrected chi connectivity index (χ3v) is 8.90. The van der Waals surface area contributed by atoms with E-state index in [9.17, 15) is 4.39 Å². The van der Waals surface area contributed by atoms with Gasteiger partial charge in [-0.25, -0.2) is 9.37 Å². The Bertz CT molecular complexity index is 1330. The fraction of sp³-hybridized carbons (Fsp3) is 0.472. The molecule has 1 aliphatic carbocycles. The molecule has 0 saturated carbocycles. The number of nitrogens with one attached hydrogen (secondary N) is 1. The summed E-state index contributed by atoms with van der Waals surface area (Å²) in [4.78, 5) is 8.51. The lowest BCUT2D eigenvalue weighted by atomic mass is 9.70. The molecule has 1 heterocycles. The molecule has 0 saturated heterocycles. The van der Waals surface area contributed by atoms with E-state index < -0.39 is 0 Å². The van der Waals surface area contributed by atoms with Gasteiger partial charge < -0.3 is 4.98 Å². The van der Waals surface area contributed by atoms with Gasteiger partial charge in [-0.15, -0.1) is 0 Å². The average molecular weight is 525 g/mol. The fourth-order valence-corrected chi connectivity index (χ4v) is 6.78. The third kappa shape index (κ3) is 5.98. The molecule has 4 aromatic rings. The number of rotatable bonds is 15. The Kier molecular flexibility index (Phi) is 9.17. The molecular formula is C36H45FN2. The third-order valence-electron chi connectivity index (χ3n) is 8.90. The van der Waals surface area contributed by atoms with Crippen LogP contribution in [0.1, 0.15) is 115 Å². The SMILES string of the molecule is CCCCCCCCC1(CCCCCCCC)c2ccccc2-c2cc3nc(-c4ccc(F)cc4)[nH]c3cc21. The van der Waals surface area contributed by atoms with Gasteiger partial charge in [0, 0.05) is 11.0 Å². The smallest absolute Gasteiger partial charge is 0.138 e. The van der Waals surface area contributed by atoms with E-state index in [2.05, 4.69) is 55.2 Å². The Balaban J connectivity index is 1.49. The number of imidazole rings is 1. The zero-order valence-corrected chi connectivity index (χ0v) is 24.0. The van der Waals surface area contributed by atoms with Crippen molar-refractivity contribution in [3.8, 4) is 22.5 Å². The highest BCUT2D eigenvalue weighted by atomic mass is 19.1. The van der Waals surface area contributed by atoms with E-state index in [1.54, 1.807) is 12.1 Å². The van der Waals surface area contributed by atoms with Gasteiger partial charge in [0.1, 0.15) is 11.6 Å². The van der Waals surface area contributed by atoms with Crippen LogP contribution in [0.15, 0.2) is 60.7 Å². The summed E-state index contributed by atoms with van der Waals surface area (Å²) in [6.45, 7) is 4.58. The second-order valence-corrected chi connectivity index (χ2v) is 11.7. The number of unbranched alkanes of at least 4 members (excludes halogenated alkanes) is 10. The van der Waals surface area contributed by atoms with Crippen molar-refractivity contribution in [1.29, 1.82) is 0 Å². The van der Waals surface area contributed by atoms with Crippen LogP contribution in [-0.4, -0.2) is 9.97 Å². The first-order chi connectivity index (χ1) is 19.2. The molecule has 2 nitrogen and oxygen atoms in total. The van der Waals surface area contributed by atoms with E-state index in [1.165, 1.54) is 124 Å². The number of halogens is 1. The van der Waals surface area contributed by atoms with Crippen molar-refractivity contribution in [2.24, 2.45) is 0 Å². The quantitative estimate of drug-likeness (QED) is 0.154. The van der Waals surface area contributed by atoms with E-state index in [4.69, 9.17) is 4.98 Å². The zero-order valence-electron chi connectivity index (χ0n) is 24.0. The lowest BCUT2D eigenvalue weighted by Crippen LogP contribution is -2.25. The summed E-state index contributed by atoms with van der Waals surface area (Å²) in [6.07, 6.45) is 18.3. The molecule has 0 spiro atoms. The average Bonchev–Trinajstić information content (AvgIpc) is 3.49. The number of aromatic amines is 1. The Morgan fingerprint density at radius 3 is 1.95 bits per heavy atom. The van der Waals surface area contributed by atoms with Gasteiger partial charge in [0.15, 0.2) is 0 Å². The highest BCUT2D eigenvalue weighted by Crippen LogP contribution is 2.55. The molecule has 3 aromatic carbocycles. The molecule has 0 bridgehead atoms. The van der Waals surface area contributed by atoms with Crippen molar-refractivity contribution in [3.63, 3.8) is 0 Å². The van der Waals surface area contributed by atoms with Crippen LogP contribution in [0, 0.1) is 5.82 Å². The van der Waals surface area contributed by atoms with Crippen LogP contribution in [0.3, 0.4) is 0 Å². The molecule has 0 unspecified atom stereocenters. The number of hydrogen-bond donors (Lipinski definition) is 1. The fourth-order valence-electron chi connectivity index (χ4n) is 6.78. The van der Waals surface area contributed by atoms with Crippen molar-refractivity contribution in [1.82, 2.24) is 9.97 Å². The normalized spacial score (nSPS) is 13.6. The van der Waals surface area contributed by atoms with Gasteiger partial charge >= 0.3 is 0 Å². The maximum atomic E-state index is 13.5. The van der Waals surface area contributed by atoms with E-state index in [0.29, 0.717) is 0 Å². The van der Waals surface area contributed by atoms with E-state index in [0.717, 1.165) is 22.4 Å². The van der Waals surface area contributed by atoms with Crippen LogP contribution >= 0.6 is 0 Å². The van der Waals surface area contributed by atoms with E-state index in [-0.39, 0.29) is 11.2 Å². The van der Waals surface area contributed by atoms with Gasteiger partial charge in [0.05, 0.1) is 11.0 Å². The maximum absolute atomic E-state index is 13.5.